The summed E-state index contributed by atoms with van der Waals surface area (Å²) in [6.07, 6.45) is 2.78. The summed E-state index contributed by atoms with van der Waals surface area (Å²) in [5, 5.41) is 10.3. The first kappa shape index (κ1) is 26.3. The number of amides is 1. The first-order chi connectivity index (χ1) is 11.6. The standard InChI is InChI=1S/C17H34N2O4.C2H6/c1-7-8-11-18(6)16(21)17(4,5)10-13-23-19(22)12-9-15(20)14(2)3;1-2/h14,22H,7-13H2,1-6H3;1-2H3. The van der Waals surface area contributed by atoms with Crippen LogP contribution in [0.5, 0.6) is 0 Å². The zero-order chi connectivity index (χ0) is 20.0. The minimum atomic E-state index is -0.545. The molecule has 0 radical (unpaired) electrons. The molecule has 0 saturated heterocycles. The van der Waals surface area contributed by atoms with Gasteiger partial charge >= 0.3 is 0 Å². The average molecular weight is 361 g/mol. The van der Waals surface area contributed by atoms with Crippen LogP contribution in [0.4, 0.5) is 0 Å². The summed E-state index contributed by atoms with van der Waals surface area (Å²) in [6.45, 7) is 14.6. The minimum absolute atomic E-state index is 0.0430. The van der Waals surface area contributed by atoms with Crippen molar-refractivity contribution < 1.29 is 19.6 Å². The van der Waals surface area contributed by atoms with Crippen molar-refractivity contribution in [3.8, 4) is 0 Å². The van der Waals surface area contributed by atoms with Gasteiger partial charge in [0.25, 0.3) is 0 Å². The van der Waals surface area contributed by atoms with E-state index < -0.39 is 5.41 Å². The van der Waals surface area contributed by atoms with Crippen LogP contribution in [0, 0.1) is 11.3 Å². The van der Waals surface area contributed by atoms with Crippen molar-refractivity contribution >= 4 is 11.7 Å². The smallest absolute Gasteiger partial charge is 0.228 e. The van der Waals surface area contributed by atoms with Crippen LogP contribution in [0.2, 0.25) is 0 Å². The van der Waals surface area contributed by atoms with Crippen LogP contribution in [0.15, 0.2) is 0 Å². The number of rotatable bonds is 12. The Bertz CT molecular complexity index is 370. The highest BCUT2D eigenvalue weighted by atomic mass is 16.9. The van der Waals surface area contributed by atoms with Gasteiger partial charge in [0.2, 0.25) is 5.91 Å². The minimum Gasteiger partial charge on any atom is -0.345 e. The van der Waals surface area contributed by atoms with Crippen molar-refractivity contribution in [1.29, 1.82) is 0 Å². The number of unbranched alkanes of at least 4 members (excludes halogenated alkanes) is 1. The molecule has 25 heavy (non-hydrogen) atoms. The predicted molar refractivity (Wildman–Crippen MR) is 101 cm³/mol. The van der Waals surface area contributed by atoms with Crippen LogP contribution in [-0.2, 0) is 14.4 Å². The van der Waals surface area contributed by atoms with Gasteiger partial charge < -0.3 is 4.90 Å². The van der Waals surface area contributed by atoms with Gasteiger partial charge in [0.05, 0.1) is 13.2 Å². The molecule has 0 heterocycles. The maximum absolute atomic E-state index is 12.4. The van der Waals surface area contributed by atoms with Crippen LogP contribution in [-0.4, -0.2) is 53.8 Å². The Morgan fingerprint density at radius 3 is 2.20 bits per heavy atom. The first-order valence-corrected chi connectivity index (χ1v) is 9.49. The largest absolute Gasteiger partial charge is 0.345 e. The van der Waals surface area contributed by atoms with E-state index in [1.807, 2.05) is 48.6 Å². The molecule has 0 aromatic heterocycles. The Kier molecular flexibility index (Phi) is 14.9. The zero-order valence-corrected chi connectivity index (χ0v) is 17.6. The van der Waals surface area contributed by atoms with Gasteiger partial charge in [0.1, 0.15) is 5.78 Å². The molecule has 0 atom stereocenters. The summed E-state index contributed by atoms with van der Waals surface area (Å²) in [7, 11) is 1.82. The van der Waals surface area contributed by atoms with Gasteiger partial charge in [-0.1, -0.05) is 60.1 Å². The highest BCUT2D eigenvalue weighted by Gasteiger charge is 2.30. The Balaban J connectivity index is 0. The topological polar surface area (TPSA) is 70.1 Å². The van der Waals surface area contributed by atoms with E-state index in [4.69, 9.17) is 4.84 Å². The molecule has 0 aromatic carbocycles. The van der Waals surface area contributed by atoms with E-state index >= 15 is 0 Å². The first-order valence-electron chi connectivity index (χ1n) is 9.49. The molecular weight excluding hydrogens is 320 g/mol. The lowest BCUT2D eigenvalue weighted by Crippen LogP contribution is -2.40. The third-order valence-electron chi connectivity index (χ3n) is 3.93. The molecule has 0 saturated carbocycles. The van der Waals surface area contributed by atoms with E-state index in [0.717, 1.165) is 19.4 Å². The number of ketones is 1. The van der Waals surface area contributed by atoms with Crippen LogP contribution in [0.1, 0.15) is 74.1 Å². The summed E-state index contributed by atoms with van der Waals surface area (Å²) < 4.78 is 0. The lowest BCUT2D eigenvalue weighted by molar-refractivity contribution is -0.341. The quantitative estimate of drug-likeness (QED) is 0.534. The van der Waals surface area contributed by atoms with Gasteiger partial charge in [-0.15, -0.1) is 0 Å². The molecule has 0 aliphatic heterocycles. The van der Waals surface area contributed by atoms with E-state index in [-0.39, 0.29) is 37.2 Å². The molecule has 0 aliphatic carbocycles. The number of hydroxylamine groups is 2. The van der Waals surface area contributed by atoms with Gasteiger partial charge in [-0.3, -0.25) is 19.6 Å². The van der Waals surface area contributed by atoms with Gasteiger partial charge in [0.15, 0.2) is 0 Å². The Morgan fingerprint density at radius 1 is 1.16 bits per heavy atom. The summed E-state index contributed by atoms with van der Waals surface area (Å²) in [6, 6.07) is 0. The summed E-state index contributed by atoms with van der Waals surface area (Å²) >= 11 is 0. The SMILES string of the molecule is CC.CCCCN(C)C(=O)C(C)(C)CCON(O)CCC(=O)C(C)C. The van der Waals surface area contributed by atoms with Crippen molar-refractivity contribution in [3.63, 3.8) is 0 Å². The van der Waals surface area contributed by atoms with Crippen molar-refractivity contribution in [2.75, 3.05) is 26.7 Å². The van der Waals surface area contributed by atoms with Gasteiger partial charge in [-0.05, 0) is 12.8 Å². The van der Waals surface area contributed by atoms with Gasteiger partial charge in [-0.25, -0.2) is 0 Å². The predicted octanol–water partition coefficient (Wildman–Crippen LogP) is 3.93. The third kappa shape index (κ3) is 12.1. The van der Waals surface area contributed by atoms with Crippen molar-refractivity contribution in [1.82, 2.24) is 10.1 Å². The van der Waals surface area contributed by atoms with Gasteiger partial charge in [-0.2, -0.15) is 0 Å². The van der Waals surface area contributed by atoms with Crippen molar-refractivity contribution in [3.05, 3.63) is 0 Å². The fraction of sp³-hybridized carbons (Fsp3) is 0.895. The van der Waals surface area contributed by atoms with Crippen molar-refractivity contribution in [2.24, 2.45) is 11.3 Å². The highest BCUT2D eigenvalue weighted by Crippen LogP contribution is 2.23. The Morgan fingerprint density at radius 2 is 1.72 bits per heavy atom. The summed E-state index contributed by atoms with van der Waals surface area (Å²) in [5.41, 5.74) is -0.545. The normalized spacial score (nSPS) is 11.3. The van der Waals surface area contributed by atoms with Crippen LogP contribution in [0.25, 0.3) is 0 Å². The number of carbonyl (C=O) groups excluding carboxylic acids is 2. The number of hydrogen-bond donors (Lipinski definition) is 1. The number of hydrogen-bond acceptors (Lipinski definition) is 5. The van der Waals surface area contributed by atoms with Crippen molar-refractivity contribution in [2.45, 2.75) is 74.1 Å². The van der Waals surface area contributed by atoms with E-state index in [2.05, 4.69) is 6.92 Å². The Hall–Kier alpha value is -0.980. The van der Waals surface area contributed by atoms with Crippen LogP contribution >= 0.6 is 0 Å². The van der Waals surface area contributed by atoms with E-state index in [9.17, 15) is 14.8 Å². The second-order valence-corrected chi connectivity index (χ2v) is 6.99. The molecule has 0 unspecified atom stereocenters. The maximum Gasteiger partial charge on any atom is 0.228 e. The van der Waals surface area contributed by atoms with E-state index in [1.54, 1.807) is 4.90 Å². The van der Waals surface area contributed by atoms with Gasteiger partial charge in [0, 0.05) is 31.3 Å². The third-order valence-corrected chi connectivity index (χ3v) is 3.93. The number of Topliss-reactive ketones (excluding diaryl/α,β-unsaturated/α-hetero) is 1. The van der Waals surface area contributed by atoms with E-state index in [0.29, 0.717) is 11.6 Å². The monoisotopic (exact) mass is 360 g/mol. The maximum atomic E-state index is 12.4. The van der Waals surface area contributed by atoms with E-state index in [1.165, 1.54) is 0 Å². The summed E-state index contributed by atoms with van der Waals surface area (Å²) in [5.74, 6) is 0.119. The molecular formula is C19H40N2O4. The molecule has 0 aromatic rings. The van der Waals surface area contributed by atoms with Crippen LogP contribution < -0.4 is 0 Å². The molecule has 0 fully saturated rings. The number of carbonyl (C=O) groups is 2. The highest BCUT2D eigenvalue weighted by molar-refractivity contribution is 5.81. The lowest BCUT2D eigenvalue weighted by atomic mass is 9.88. The second kappa shape index (κ2) is 14.2. The van der Waals surface area contributed by atoms with Crippen LogP contribution in [0.3, 0.4) is 0 Å². The fourth-order valence-corrected chi connectivity index (χ4v) is 2.09. The molecule has 0 rings (SSSR count). The molecule has 0 aliphatic rings. The molecule has 150 valence electrons. The summed E-state index contributed by atoms with van der Waals surface area (Å²) in [4.78, 5) is 30.8. The Labute approximate surface area is 154 Å². The molecule has 6 nitrogen and oxygen atoms in total. The zero-order valence-electron chi connectivity index (χ0n) is 17.6. The molecule has 1 amide bonds. The number of nitrogens with zero attached hydrogens (tertiary/aromatic N) is 2. The fourth-order valence-electron chi connectivity index (χ4n) is 2.09. The molecule has 0 bridgehead atoms. The average Bonchev–Trinajstić information content (AvgIpc) is 2.58. The molecule has 1 N–H and O–H groups in total. The molecule has 0 spiro atoms. The lowest BCUT2D eigenvalue weighted by Gasteiger charge is -2.29. The molecule has 6 heteroatoms. The second-order valence-electron chi connectivity index (χ2n) is 6.99.